The smallest absolute Gasteiger partial charge is 0.191 e. The summed E-state index contributed by atoms with van der Waals surface area (Å²) in [7, 11) is 0. The summed E-state index contributed by atoms with van der Waals surface area (Å²) < 4.78 is 0. The Bertz CT molecular complexity index is 501. The van der Waals surface area contributed by atoms with E-state index in [1.165, 1.54) is 5.56 Å². The number of aliphatic imine (C=N–C) groups is 1. The van der Waals surface area contributed by atoms with Crippen LogP contribution in [0.15, 0.2) is 17.1 Å². The lowest BCUT2D eigenvalue weighted by Gasteiger charge is -2.19. The average molecular weight is 243 g/mol. The highest BCUT2D eigenvalue weighted by atomic mass is 15.0. The first-order valence-corrected chi connectivity index (χ1v) is 6.11. The van der Waals surface area contributed by atoms with Gasteiger partial charge in [-0.3, -0.25) is 0 Å². The fraction of sp³-hybridized carbons (Fsp3) is 0.400. The van der Waals surface area contributed by atoms with Gasteiger partial charge in [-0.2, -0.15) is 0 Å². The molecule has 1 aromatic rings. The van der Waals surface area contributed by atoms with Gasteiger partial charge in [0.1, 0.15) is 0 Å². The van der Waals surface area contributed by atoms with Gasteiger partial charge in [0.05, 0.1) is 11.3 Å². The van der Waals surface area contributed by atoms with Crippen molar-refractivity contribution in [1.29, 1.82) is 0 Å². The molecule has 18 heavy (non-hydrogen) atoms. The van der Waals surface area contributed by atoms with E-state index in [0.717, 1.165) is 11.1 Å². The fourth-order valence-electron chi connectivity index (χ4n) is 2.13. The fourth-order valence-corrected chi connectivity index (χ4v) is 2.13. The van der Waals surface area contributed by atoms with Crippen molar-refractivity contribution in [2.45, 2.75) is 39.5 Å². The molecule has 0 aliphatic heterocycles. The molecule has 0 heterocycles. The van der Waals surface area contributed by atoms with Crippen LogP contribution in [-0.2, 0) is 0 Å². The van der Waals surface area contributed by atoms with Crippen molar-refractivity contribution in [3.05, 3.63) is 28.8 Å². The van der Waals surface area contributed by atoms with E-state index in [1.54, 1.807) is 0 Å². The number of nitrogens with zero attached hydrogens (tertiary/aromatic N) is 1. The molecule has 3 heteroatoms. The quantitative estimate of drug-likeness (QED) is 0.487. The average Bonchev–Trinajstić information content (AvgIpc) is 2.26. The second kappa shape index (κ2) is 5.59. The first kappa shape index (κ1) is 14.1. The molecule has 1 rings (SSSR count). The number of hydrogen-bond acceptors (Lipinski definition) is 1. The Morgan fingerprint density at radius 3 is 2.17 bits per heavy atom. The maximum absolute atomic E-state index is 5.63. The van der Waals surface area contributed by atoms with Gasteiger partial charge in [-0.15, -0.1) is 6.42 Å². The minimum absolute atomic E-state index is 0.0264. The molecule has 4 N–H and O–H groups in total. The largest absolute Gasteiger partial charge is 0.370 e. The summed E-state index contributed by atoms with van der Waals surface area (Å²) in [5.74, 6) is 3.51. The first-order valence-electron chi connectivity index (χ1n) is 6.11. The maximum atomic E-state index is 5.63. The van der Waals surface area contributed by atoms with Gasteiger partial charge in [0.25, 0.3) is 0 Å². The van der Waals surface area contributed by atoms with Gasteiger partial charge in [0.2, 0.25) is 0 Å². The third kappa shape index (κ3) is 2.84. The highest BCUT2D eigenvalue weighted by molar-refractivity contribution is 5.80. The Hall–Kier alpha value is -1.95. The first-order chi connectivity index (χ1) is 8.38. The third-order valence-electron chi connectivity index (χ3n) is 2.85. The van der Waals surface area contributed by atoms with Crippen LogP contribution in [0.25, 0.3) is 0 Å². The van der Waals surface area contributed by atoms with Crippen molar-refractivity contribution in [2.75, 3.05) is 0 Å². The van der Waals surface area contributed by atoms with Crippen LogP contribution < -0.4 is 11.5 Å². The molecule has 0 spiro atoms. The van der Waals surface area contributed by atoms with Gasteiger partial charge in [-0.1, -0.05) is 39.7 Å². The molecule has 0 fully saturated rings. The molecule has 0 aliphatic carbocycles. The molecule has 3 nitrogen and oxygen atoms in total. The molecule has 0 aliphatic rings. The van der Waals surface area contributed by atoms with Crippen LogP contribution in [0.4, 0.5) is 5.69 Å². The van der Waals surface area contributed by atoms with E-state index < -0.39 is 0 Å². The van der Waals surface area contributed by atoms with Crippen molar-refractivity contribution in [3.8, 4) is 12.3 Å². The molecule has 96 valence electrons. The lowest BCUT2D eigenvalue weighted by molar-refractivity contribution is 0.788. The Kier molecular flexibility index (Phi) is 4.38. The molecule has 0 saturated heterocycles. The minimum Gasteiger partial charge on any atom is -0.370 e. The van der Waals surface area contributed by atoms with Gasteiger partial charge in [0, 0.05) is 0 Å². The van der Waals surface area contributed by atoms with E-state index in [2.05, 4.69) is 44.7 Å². The second-order valence-corrected chi connectivity index (χ2v) is 4.95. The maximum Gasteiger partial charge on any atom is 0.191 e. The predicted molar refractivity (Wildman–Crippen MR) is 78.0 cm³/mol. The van der Waals surface area contributed by atoms with Crippen LogP contribution in [0.2, 0.25) is 0 Å². The van der Waals surface area contributed by atoms with E-state index in [0.29, 0.717) is 17.5 Å². The molecule has 0 unspecified atom stereocenters. The molecular weight excluding hydrogens is 222 g/mol. The summed E-state index contributed by atoms with van der Waals surface area (Å²) in [6.45, 7) is 8.56. The minimum atomic E-state index is 0.0264. The number of terminal acetylenes is 1. The van der Waals surface area contributed by atoms with E-state index in [1.807, 2.05) is 6.07 Å². The lowest BCUT2D eigenvalue weighted by atomic mass is 9.86. The number of benzene rings is 1. The van der Waals surface area contributed by atoms with E-state index in [9.17, 15) is 0 Å². The summed E-state index contributed by atoms with van der Waals surface area (Å²) in [6, 6.07) is 3.94. The third-order valence-corrected chi connectivity index (χ3v) is 2.85. The van der Waals surface area contributed by atoms with Crippen molar-refractivity contribution < 1.29 is 0 Å². The number of nitrogens with two attached hydrogens (primary N) is 2. The normalized spacial score (nSPS) is 10.5. The SMILES string of the molecule is C#Cc1c(N=C(N)N)ccc(C(C)C)c1C(C)C. The van der Waals surface area contributed by atoms with Crippen molar-refractivity contribution in [1.82, 2.24) is 0 Å². The zero-order chi connectivity index (χ0) is 13.9. The number of hydrogen-bond donors (Lipinski definition) is 2. The Labute approximate surface area is 109 Å². The summed E-state index contributed by atoms with van der Waals surface area (Å²) in [5, 5.41) is 0. The zero-order valence-corrected chi connectivity index (χ0v) is 11.5. The molecular formula is C15H21N3. The second-order valence-electron chi connectivity index (χ2n) is 4.95. The van der Waals surface area contributed by atoms with Crippen molar-refractivity contribution >= 4 is 11.6 Å². The Balaban J connectivity index is 3.59. The topological polar surface area (TPSA) is 64.4 Å². The molecule has 0 atom stereocenters. The molecule has 0 saturated carbocycles. The van der Waals surface area contributed by atoms with E-state index >= 15 is 0 Å². The van der Waals surface area contributed by atoms with Crippen molar-refractivity contribution in [3.63, 3.8) is 0 Å². The summed E-state index contributed by atoms with van der Waals surface area (Å²) in [6.07, 6.45) is 5.63. The highest BCUT2D eigenvalue weighted by Gasteiger charge is 2.16. The predicted octanol–water partition coefficient (Wildman–Crippen LogP) is 2.82. The van der Waals surface area contributed by atoms with Gasteiger partial charge >= 0.3 is 0 Å². The van der Waals surface area contributed by atoms with E-state index in [-0.39, 0.29) is 5.96 Å². The van der Waals surface area contributed by atoms with Crippen LogP contribution >= 0.6 is 0 Å². The Morgan fingerprint density at radius 1 is 1.17 bits per heavy atom. The molecule has 0 amide bonds. The summed E-state index contributed by atoms with van der Waals surface area (Å²) in [4.78, 5) is 4.10. The zero-order valence-electron chi connectivity index (χ0n) is 11.5. The molecule has 1 aromatic carbocycles. The molecule has 0 radical (unpaired) electrons. The monoisotopic (exact) mass is 243 g/mol. The molecule has 0 bridgehead atoms. The van der Waals surface area contributed by atoms with Crippen LogP contribution in [0.5, 0.6) is 0 Å². The summed E-state index contributed by atoms with van der Waals surface area (Å²) in [5.41, 5.74) is 14.7. The van der Waals surface area contributed by atoms with Gasteiger partial charge in [-0.25, -0.2) is 4.99 Å². The molecule has 0 aromatic heterocycles. The lowest BCUT2D eigenvalue weighted by Crippen LogP contribution is -2.22. The Morgan fingerprint density at radius 2 is 1.78 bits per heavy atom. The van der Waals surface area contributed by atoms with Crippen LogP contribution in [0.3, 0.4) is 0 Å². The highest BCUT2D eigenvalue weighted by Crippen LogP contribution is 2.34. The van der Waals surface area contributed by atoms with Crippen molar-refractivity contribution in [2.24, 2.45) is 16.5 Å². The van der Waals surface area contributed by atoms with Gasteiger partial charge < -0.3 is 11.5 Å². The number of rotatable bonds is 3. The van der Waals surface area contributed by atoms with Crippen LogP contribution in [0, 0.1) is 12.3 Å². The van der Waals surface area contributed by atoms with Gasteiger partial charge in [0.15, 0.2) is 5.96 Å². The number of guanidine groups is 1. The van der Waals surface area contributed by atoms with Crippen LogP contribution in [-0.4, -0.2) is 5.96 Å². The van der Waals surface area contributed by atoms with Gasteiger partial charge in [-0.05, 0) is 29.0 Å². The van der Waals surface area contributed by atoms with Crippen LogP contribution in [0.1, 0.15) is 56.2 Å². The standard InChI is InChI=1S/C15H21N3/c1-6-11-13(18-15(16)17)8-7-12(9(2)3)14(11)10(4)5/h1,7-10H,2-5H3,(H4,16,17,18). The summed E-state index contributed by atoms with van der Waals surface area (Å²) >= 11 is 0. The van der Waals surface area contributed by atoms with E-state index in [4.69, 9.17) is 17.9 Å².